The van der Waals surface area contributed by atoms with Gasteiger partial charge in [-0.15, -0.1) is 0 Å². The minimum atomic E-state index is 0.436. The molecule has 4 heteroatoms. The van der Waals surface area contributed by atoms with Gasteiger partial charge in [-0.3, -0.25) is 0 Å². The topological polar surface area (TPSA) is 51.0 Å². The highest BCUT2D eigenvalue weighted by Gasteiger charge is 2.04. The molecule has 1 unspecified atom stereocenters. The van der Waals surface area contributed by atoms with E-state index in [0.717, 1.165) is 36.7 Å². The Morgan fingerprint density at radius 3 is 3.00 bits per heavy atom. The van der Waals surface area contributed by atoms with Crippen LogP contribution in [0.25, 0.3) is 0 Å². The van der Waals surface area contributed by atoms with Gasteiger partial charge in [-0.05, 0) is 38.5 Å². The van der Waals surface area contributed by atoms with Crippen LogP contribution >= 0.6 is 0 Å². The Kier molecular flexibility index (Phi) is 4.47. The van der Waals surface area contributed by atoms with E-state index >= 15 is 0 Å². The lowest BCUT2D eigenvalue weighted by Crippen LogP contribution is -2.26. The van der Waals surface area contributed by atoms with Crippen LogP contribution in [-0.4, -0.2) is 16.0 Å². The average Bonchev–Trinajstić information content (AvgIpc) is 2.87. The Labute approximate surface area is 107 Å². The lowest BCUT2D eigenvalue weighted by molar-refractivity contribution is 0.458. The fourth-order valence-corrected chi connectivity index (χ4v) is 1.80. The van der Waals surface area contributed by atoms with Crippen LogP contribution in [0.15, 0.2) is 35.1 Å². The summed E-state index contributed by atoms with van der Waals surface area (Å²) < 4.78 is 5.31. The van der Waals surface area contributed by atoms with Gasteiger partial charge in [-0.2, -0.15) is 0 Å². The molecule has 0 radical (unpaired) electrons. The summed E-state index contributed by atoms with van der Waals surface area (Å²) in [7, 11) is 0. The van der Waals surface area contributed by atoms with Crippen LogP contribution in [0.4, 0.5) is 0 Å². The van der Waals surface area contributed by atoms with Crippen molar-refractivity contribution in [2.45, 2.75) is 39.3 Å². The molecule has 0 aromatic carbocycles. The van der Waals surface area contributed by atoms with Gasteiger partial charge in [-0.25, -0.2) is 9.97 Å². The van der Waals surface area contributed by atoms with E-state index in [9.17, 15) is 0 Å². The number of nitrogens with one attached hydrogen (secondary N) is 1. The SMILES string of the molecule is Cc1nccc(CNC(C)CCc2ccco2)n1. The molecule has 0 aliphatic rings. The molecular formula is C14H19N3O. The molecule has 2 heterocycles. The second kappa shape index (κ2) is 6.31. The molecule has 2 rings (SSSR count). The summed E-state index contributed by atoms with van der Waals surface area (Å²) in [5.41, 5.74) is 1.03. The van der Waals surface area contributed by atoms with Gasteiger partial charge in [0.1, 0.15) is 11.6 Å². The van der Waals surface area contributed by atoms with Crippen LogP contribution in [-0.2, 0) is 13.0 Å². The van der Waals surface area contributed by atoms with Crippen molar-refractivity contribution >= 4 is 0 Å². The van der Waals surface area contributed by atoms with E-state index in [1.165, 1.54) is 0 Å². The van der Waals surface area contributed by atoms with Crippen LogP contribution < -0.4 is 5.32 Å². The number of furan rings is 1. The second-order valence-corrected chi connectivity index (χ2v) is 4.50. The first-order valence-corrected chi connectivity index (χ1v) is 6.28. The lowest BCUT2D eigenvalue weighted by atomic mass is 10.1. The van der Waals surface area contributed by atoms with Gasteiger partial charge in [0, 0.05) is 25.2 Å². The van der Waals surface area contributed by atoms with E-state index in [1.807, 2.05) is 25.1 Å². The number of hydrogen-bond donors (Lipinski definition) is 1. The molecule has 0 saturated heterocycles. The molecule has 0 aliphatic carbocycles. The Balaban J connectivity index is 1.73. The molecule has 2 aromatic rings. The Morgan fingerprint density at radius 2 is 2.28 bits per heavy atom. The number of nitrogens with zero attached hydrogens (tertiary/aromatic N) is 2. The predicted molar refractivity (Wildman–Crippen MR) is 70.1 cm³/mol. The van der Waals surface area contributed by atoms with Crippen LogP contribution in [0, 0.1) is 6.92 Å². The first-order chi connectivity index (χ1) is 8.74. The smallest absolute Gasteiger partial charge is 0.125 e. The van der Waals surface area contributed by atoms with Crippen molar-refractivity contribution in [1.29, 1.82) is 0 Å². The molecular weight excluding hydrogens is 226 g/mol. The number of aromatic nitrogens is 2. The average molecular weight is 245 g/mol. The molecule has 1 N–H and O–H groups in total. The van der Waals surface area contributed by atoms with Gasteiger partial charge < -0.3 is 9.73 Å². The molecule has 0 aliphatic heterocycles. The highest BCUT2D eigenvalue weighted by Crippen LogP contribution is 2.06. The quantitative estimate of drug-likeness (QED) is 0.849. The van der Waals surface area contributed by atoms with Gasteiger partial charge in [-0.1, -0.05) is 0 Å². The van der Waals surface area contributed by atoms with Crippen LogP contribution in [0.1, 0.15) is 30.6 Å². The zero-order valence-corrected chi connectivity index (χ0v) is 10.9. The van der Waals surface area contributed by atoms with Crippen molar-refractivity contribution in [3.8, 4) is 0 Å². The fraction of sp³-hybridized carbons (Fsp3) is 0.429. The normalized spacial score (nSPS) is 12.6. The molecule has 1 atom stereocenters. The van der Waals surface area contributed by atoms with E-state index in [0.29, 0.717) is 6.04 Å². The van der Waals surface area contributed by atoms with Gasteiger partial charge in [0.15, 0.2) is 0 Å². The summed E-state index contributed by atoms with van der Waals surface area (Å²) in [4.78, 5) is 8.45. The minimum absolute atomic E-state index is 0.436. The number of rotatable bonds is 6. The van der Waals surface area contributed by atoms with Crippen molar-refractivity contribution < 1.29 is 4.42 Å². The first kappa shape index (κ1) is 12.8. The molecule has 0 fully saturated rings. The summed E-state index contributed by atoms with van der Waals surface area (Å²) in [6, 6.07) is 6.32. The zero-order valence-electron chi connectivity index (χ0n) is 10.9. The summed E-state index contributed by atoms with van der Waals surface area (Å²) in [5.74, 6) is 1.86. The first-order valence-electron chi connectivity index (χ1n) is 6.28. The summed E-state index contributed by atoms with van der Waals surface area (Å²) >= 11 is 0. The van der Waals surface area contributed by atoms with Crippen molar-refractivity contribution in [2.24, 2.45) is 0 Å². The number of aryl methyl sites for hydroxylation is 2. The van der Waals surface area contributed by atoms with E-state index in [-0.39, 0.29) is 0 Å². The summed E-state index contributed by atoms with van der Waals surface area (Å²) in [5, 5.41) is 3.46. The van der Waals surface area contributed by atoms with Crippen molar-refractivity contribution in [2.75, 3.05) is 0 Å². The van der Waals surface area contributed by atoms with E-state index in [4.69, 9.17) is 4.42 Å². The van der Waals surface area contributed by atoms with Crippen LogP contribution in [0.3, 0.4) is 0 Å². The maximum atomic E-state index is 5.31. The van der Waals surface area contributed by atoms with Crippen molar-refractivity contribution in [3.05, 3.63) is 47.9 Å². The third kappa shape index (κ3) is 3.96. The third-order valence-corrected chi connectivity index (χ3v) is 2.87. The highest BCUT2D eigenvalue weighted by atomic mass is 16.3. The number of hydrogen-bond acceptors (Lipinski definition) is 4. The van der Waals surface area contributed by atoms with Gasteiger partial charge in [0.2, 0.25) is 0 Å². The predicted octanol–water partition coefficient (Wildman–Crippen LogP) is 2.49. The molecule has 0 amide bonds. The van der Waals surface area contributed by atoms with Gasteiger partial charge in [0.05, 0.1) is 12.0 Å². The third-order valence-electron chi connectivity index (χ3n) is 2.87. The van der Waals surface area contributed by atoms with Crippen molar-refractivity contribution in [3.63, 3.8) is 0 Å². The standard InChI is InChI=1S/C14H19N3O/c1-11(5-6-14-4-3-9-18-14)16-10-13-7-8-15-12(2)17-13/h3-4,7-9,11,16H,5-6,10H2,1-2H3. The lowest BCUT2D eigenvalue weighted by Gasteiger charge is -2.12. The van der Waals surface area contributed by atoms with Crippen molar-refractivity contribution in [1.82, 2.24) is 15.3 Å². The molecule has 96 valence electrons. The molecule has 2 aromatic heterocycles. The molecule has 18 heavy (non-hydrogen) atoms. The summed E-state index contributed by atoms with van der Waals surface area (Å²) in [6.45, 7) is 4.86. The monoisotopic (exact) mass is 245 g/mol. The fourth-order valence-electron chi connectivity index (χ4n) is 1.80. The maximum absolute atomic E-state index is 5.31. The molecule has 4 nitrogen and oxygen atoms in total. The van der Waals surface area contributed by atoms with E-state index in [1.54, 1.807) is 12.5 Å². The zero-order chi connectivity index (χ0) is 12.8. The Bertz CT molecular complexity index is 468. The molecule has 0 saturated carbocycles. The maximum Gasteiger partial charge on any atom is 0.125 e. The van der Waals surface area contributed by atoms with E-state index < -0.39 is 0 Å². The van der Waals surface area contributed by atoms with Crippen LogP contribution in [0.2, 0.25) is 0 Å². The second-order valence-electron chi connectivity index (χ2n) is 4.50. The Hall–Kier alpha value is -1.68. The largest absolute Gasteiger partial charge is 0.469 e. The molecule has 0 bridgehead atoms. The molecule has 0 spiro atoms. The van der Waals surface area contributed by atoms with E-state index in [2.05, 4.69) is 22.2 Å². The Morgan fingerprint density at radius 1 is 1.39 bits per heavy atom. The van der Waals surface area contributed by atoms with Crippen LogP contribution in [0.5, 0.6) is 0 Å². The van der Waals surface area contributed by atoms with Gasteiger partial charge in [0.25, 0.3) is 0 Å². The minimum Gasteiger partial charge on any atom is -0.469 e. The van der Waals surface area contributed by atoms with Gasteiger partial charge >= 0.3 is 0 Å². The summed E-state index contributed by atoms with van der Waals surface area (Å²) in [6.07, 6.45) is 5.53. The highest BCUT2D eigenvalue weighted by molar-refractivity contribution is 5.01.